The van der Waals surface area contributed by atoms with E-state index in [1.807, 2.05) is 0 Å². The van der Waals surface area contributed by atoms with Gasteiger partial charge in [0, 0.05) is 5.02 Å². The molecule has 1 N–H and O–H groups in total. The molecule has 0 aliphatic heterocycles. The first-order valence-corrected chi connectivity index (χ1v) is 11.6. The van der Waals surface area contributed by atoms with Crippen LogP contribution in [0.3, 0.4) is 0 Å². The Bertz CT molecular complexity index is 1310. The van der Waals surface area contributed by atoms with Crippen molar-refractivity contribution in [2.45, 2.75) is 18.0 Å². The van der Waals surface area contributed by atoms with Gasteiger partial charge in [-0.15, -0.1) is 0 Å². The van der Waals surface area contributed by atoms with Crippen molar-refractivity contribution in [3.8, 4) is 0 Å². The number of halogens is 4. The van der Waals surface area contributed by atoms with Crippen LogP contribution >= 0.6 is 11.6 Å². The minimum atomic E-state index is -4.52. The number of hydrogen-bond donors (Lipinski definition) is 1. The molecule has 0 aromatic heterocycles. The first kappa shape index (κ1) is 25.3. The second-order valence-corrected chi connectivity index (χ2v) is 9.47. The van der Waals surface area contributed by atoms with Crippen molar-refractivity contribution in [2.75, 3.05) is 10.8 Å². The zero-order valence-corrected chi connectivity index (χ0v) is 19.3. The van der Waals surface area contributed by atoms with Gasteiger partial charge in [0.2, 0.25) is 0 Å². The lowest BCUT2D eigenvalue weighted by Crippen LogP contribution is -2.40. The Balaban J connectivity index is 1.85. The van der Waals surface area contributed by atoms with E-state index in [1.165, 1.54) is 30.3 Å². The van der Waals surface area contributed by atoms with Crippen LogP contribution < -0.4 is 9.73 Å². The van der Waals surface area contributed by atoms with Crippen LogP contribution in [0.1, 0.15) is 16.7 Å². The molecular weight excluding hydrogens is 491 g/mol. The standard InChI is InChI=1S/C23H19ClF3N3O3S/c1-16-10-11-19(24)13-21(16)30(34(32,33)20-8-3-2-4-9-20)15-22(31)29-28-14-17-6-5-7-18(12-17)23(25,26)27/h2-14H,15H2,1H3,(H,29,31)/b28-14-. The second-order valence-electron chi connectivity index (χ2n) is 7.17. The van der Waals surface area contributed by atoms with Crippen molar-refractivity contribution in [1.29, 1.82) is 0 Å². The summed E-state index contributed by atoms with van der Waals surface area (Å²) in [5.74, 6) is -0.804. The number of carbonyl (C=O) groups excluding carboxylic acids is 1. The average Bonchev–Trinajstić information content (AvgIpc) is 2.79. The average molecular weight is 510 g/mol. The van der Waals surface area contributed by atoms with Crippen LogP contribution in [0.4, 0.5) is 18.9 Å². The van der Waals surface area contributed by atoms with Gasteiger partial charge in [-0.3, -0.25) is 9.10 Å². The van der Waals surface area contributed by atoms with Crippen LogP contribution in [0.2, 0.25) is 5.02 Å². The molecule has 0 fully saturated rings. The summed E-state index contributed by atoms with van der Waals surface area (Å²) >= 11 is 6.06. The van der Waals surface area contributed by atoms with Crippen LogP contribution in [-0.4, -0.2) is 27.1 Å². The third-order valence-corrected chi connectivity index (χ3v) is 6.68. The molecule has 3 rings (SSSR count). The van der Waals surface area contributed by atoms with Crippen molar-refractivity contribution >= 4 is 39.4 Å². The fraction of sp³-hybridized carbons (Fsp3) is 0.130. The molecule has 0 aliphatic carbocycles. The number of hydrazone groups is 1. The largest absolute Gasteiger partial charge is 0.416 e. The molecular formula is C23H19ClF3N3O3S. The third-order valence-electron chi connectivity index (χ3n) is 4.68. The first-order chi connectivity index (χ1) is 16.0. The molecule has 3 aromatic rings. The van der Waals surface area contributed by atoms with E-state index < -0.39 is 34.2 Å². The van der Waals surface area contributed by atoms with Crippen LogP contribution in [0.15, 0.2) is 82.8 Å². The van der Waals surface area contributed by atoms with E-state index in [9.17, 15) is 26.4 Å². The summed E-state index contributed by atoms with van der Waals surface area (Å²) < 4.78 is 66.1. The predicted molar refractivity (Wildman–Crippen MR) is 124 cm³/mol. The van der Waals surface area contributed by atoms with Gasteiger partial charge in [-0.1, -0.05) is 48.0 Å². The Morgan fingerprint density at radius 2 is 1.76 bits per heavy atom. The zero-order chi connectivity index (χ0) is 24.9. The summed E-state index contributed by atoms with van der Waals surface area (Å²) in [5, 5.41) is 3.94. The molecule has 0 unspecified atom stereocenters. The molecule has 0 atom stereocenters. The quantitative estimate of drug-likeness (QED) is 0.359. The zero-order valence-electron chi connectivity index (χ0n) is 17.8. The van der Waals surface area contributed by atoms with Crippen LogP contribution in [-0.2, 0) is 21.0 Å². The van der Waals surface area contributed by atoms with E-state index in [4.69, 9.17) is 11.6 Å². The maximum Gasteiger partial charge on any atom is 0.416 e. The van der Waals surface area contributed by atoms with Crippen LogP contribution in [0.25, 0.3) is 0 Å². The highest BCUT2D eigenvalue weighted by Crippen LogP contribution is 2.30. The van der Waals surface area contributed by atoms with Gasteiger partial charge in [0.1, 0.15) is 6.54 Å². The molecule has 6 nitrogen and oxygen atoms in total. The lowest BCUT2D eigenvalue weighted by atomic mass is 10.1. The summed E-state index contributed by atoms with van der Waals surface area (Å²) in [5.41, 5.74) is 2.16. The van der Waals surface area contributed by atoms with Gasteiger partial charge in [-0.2, -0.15) is 18.3 Å². The number of hydrogen-bond acceptors (Lipinski definition) is 4. The Kier molecular flexibility index (Phi) is 7.63. The number of nitrogens with one attached hydrogen (secondary N) is 1. The lowest BCUT2D eigenvalue weighted by molar-refractivity contribution is -0.137. The van der Waals surface area contributed by atoms with Crippen molar-refractivity contribution < 1.29 is 26.4 Å². The summed E-state index contributed by atoms with van der Waals surface area (Å²) in [7, 11) is -4.15. The third kappa shape index (κ3) is 6.15. The molecule has 0 aliphatic rings. The SMILES string of the molecule is Cc1ccc(Cl)cc1N(CC(=O)N/N=C\c1cccc(C(F)(F)F)c1)S(=O)(=O)c1ccccc1. The summed E-state index contributed by atoms with van der Waals surface area (Å²) in [6.07, 6.45) is -3.48. The van der Waals surface area contributed by atoms with Gasteiger partial charge in [-0.25, -0.2) is 13.8 Å². The van der Waals surface area contributed by atoms with Crippen molar-refractivity contribution in [1.82, 2.24) is 5.43 Å². The smallest absolute Gasteiger partial charge is 0.271 e. The molecule has 1 amide bonds. The van der Waals surface area contributed by atoms with E-state index in [-0.39, 0.29) is 21.2 Å². The van der Waals surface area contributed by atoms with E-state index in [0.717, 1.165) is 22.7 Å². The van der Waals surface area contributed by atoms with Gasteiger partial charge in [0.15, 0.2) is 0 Å². The fourth-order valence-electron chi connectivity index (χ4n) is 3.01. The Labute approximate surface area is 199 Å². The number of alkyl halides is 3. The summed E-state index contributed by atoms with van der Waals surface area (Å²) in [4.78, 5) is 12.5. The molecule has 0 saturated carbocycles. The number of nitrogens with zero attached hydrogens (tertiary/aromatic N) is 2. The van der Waals surface area contributed by atoms with E-state index in [0.29, 0.717) is 5.56 Å². The minimum absolute atomic E-state index is 0.0327. The molecule has 0 heterocycles. The number of anilines is 1. The maximum absolute atomic E-state index is 13.3. The topological polar surface area (TPSA) is 78.8 Å². The van der Waals surface area contributed by atoms with Crippen LogP contribution in [0.5, 0.6) is 0 Å². The van der Waals surface area contributed by atoms with Gasteiger partial charge in [0.05, 0.1) is 22.4 Å². The highest BCUT2D eigenvalue weighted by molar-refractivity contribution is 7.92. The predicted octanol–water partition coefficient (Wildman–Crippen LogP) is 5.01. The van der Waals surface area contributed by atoms with Gasteiger partial charge >= 0.3 is 6.18 Å². The van der Waals surface area contributed by atoms with Crippen molar-refractivity contribution in [2.24, 2.45) is 5.10 Å². The summed E-state index contributed by atoms with van der Waals surface area (Å²) in [6, 6.07) is 16.6. The number of benzene rings is 3. The second kappa shape index (κ2) is 10.3. The van der Waals surface area contributed by atoms with E-state index in [2.05, 4.69) is 10.5 Å². The molecule has 11 heteroatoms. The first-order valence-electron chi connectivity index (χ1n) is 9.81. The Morgan fingerprint density at radius 3 is 2.44 bits per heavy atom. The minimum Gasteiger partial charge on any atom is -0.271 e. The fourth-order valence-corrected chi connectivity index (χ4v) is 4.68. The van der Waals surface area contributed by atoms with E-state index in [1.54, 1.807) is 37.3 Å². The molecule has 0 bridgehead atoms. The molecule has 0 spiro atoms. The van der Waals surface area contributed by atoms with Gasteiger partial charge in [-0.05, 0) is 54.4 Å². The lowest BCUT2D eigenvalue weighted by Gasteiger charge is -2.25. The maximum atomic E-state index is 13.3. The monoisotopic (exact) mass is 509 g/mol. The van der Waals surface area contributed by atoms with Gasteiger partial charge in [0.25, 0.3) is 15.9 Å². The molecule has 178 valence electrons. The van der Waals surface area contributed by atoms with Crippen molar-refractivity contribution in [3.05, 3.63) is 94.5 Å². The number of sulfonamides is 1. The normalized spacial score (nSPS) is 12.0. The number of rotatable bonds is 7. The number of carbonyl (C=O) groups is 1. The van der Waals surface area contributed by atoms with Gasteiger partial charge < -0.3 is 0 Å². The Hall–Kier alpha value is -3.37. The molecule has 3 aromatic carbocycles. The molecule has 34 heavy (non-hydrogen) atoms. The highest BCUT2D eigenvalue weighted by Gasteiger charge is 2.30. The summed E-state index contributed by atoms with van der Waals surface area (Å²) in [6.45, 7) is 1.03. The highest BCUT2D eigenvalue weighted by atomic mass is 35.5. The Morgan fingerprint density at radius 1 is 1.06 bits per heavy atom. The van der Waals surface area contributed by atoms with E-state index >= 15 is 0 Å². The molecule has 0 radical (unpaired) electrons. The number of aryl methyl sites for hydroxylation is 1. The van der Waals surface area contributed by atoms with Crippen LogP contribution in [0, 0.1) is 6.92 Å². The van der Waals surface area contributed by atoms with Crippen molar-refractivity contribution in [3.63, 3.8) is 0 Å². The molecule has 0 saturated heterocycles. The number of amides is 1.